The minimum absolute atomic E-state index is 0.338. The zero-order chi connectivity index (χ0) is 17.4. The first-order valence-electron chi connectivity index (χ1n) is 8.84. The highest BCUT2D eigenvalue weighted by Crippen LogP contribution is 2.20. The molecular formula is C18H30N4O2. The number of anilines is 1. The fourth-order valence-corrected chi connectivity index (χ4v) is 2.94. The van der Waals surface area contributed by atoms with Gasteiger partial charge in [0.05, 0.1) is 7.11 Å². The molecule has 0 saturated carbocycles. The maximum Gasteiger partial charge on any atom is 0.322 e. The lowest BCUT2D eigenvalue weighted by Gasteiger charge is -2.19. The highest BCUT2D eigenvalue weighted by Gasteiger charge is 2.14. The molecule has 0 saturated heterocycles. The van der Waals surface area contributed by atoms with Gasteiger partial charge in [0.1, 0.15) is 11.9 Å². The summed E-state index contributed by atoms with van der Waals surface area (Å²) >= 11 is 0. The van der Waals surface area contributed by atoms with Crippen molar-refractivity contribution < 1.29 is 9.53 Å². The Morgan fingerprint density at radius 3 is 3.04 bits per heavy atom. The number of carbonyl (C=O) groups is 1. The fraction of sp³-hybridized carbons (Fsp3) is 0.667. The Hall–Kier alpha value is -1.66. The van der Waals surface area contributed by atoms with Crippen molar-refractivity contribution in [1.29, 1.82) is 0 Å². The van der Waals surface area contributed by atoms with E-state index in [1.807, 2.05) is 0 Å². The zero-order valence-electron chi connectivity index (χ0n) is 14.9. The van der Waals surface area contributed by atoms with Gasteiger partial charge < -0.3 is 20.7 Å². The average Bonchev–Trinajstić information content (AvgIpc) is 2.62. The second kappa shape index (κ2) is 9.59. The van der Waals surface area contributed by atoms with Crippen LogP contribution in [0.4, 0.5) is 5.82 Å². The normalized spacial score (nSPS) is 14.8. The number of aryl methyl sites for hydroxylation is 2. The summed E-state index contributed by atoms with van der Waals surface area (Å²) < 4.78 is 4.64. The molecule has 1 unspecified atom stereocenters. The van der Waals surface area contributed by atoms with Gasteiger partial charge in [0.15, 0.2) is 0 Å². The summed E-state index contributed by atoms with van der Waals surface area (Å²) in [6, 6.07) is 3.85. The van der Waals surface area contributed by atoms with E-state index in [2.05, 4.69) is 34.1 Å². The molecular weight excluding hydrogens is 304 g/mol. The Bertz CT molecular complexity index is 536. The van der Waals surface area contributed by atoms with Crippen molar-refractivity contribution in [3.05, 3.63) is 23.4 Å². The molecule has 6 nitrogen and oxygen atoms in total. The van der Waals surface area contributed by atoms with Gasteiger partial charge in [0.25, 0.3) is 0 Å². The topological polar surface area (TPSA) is 80.5 Å². The Morgan fingerprint density at radius 2 is 2.25 bits per heavy atom. The summed E-state index contributed by atoms with van der Waals surface area (Å²) in [6.07, 6.45) is 6.18. The molecule has 0 bridgehead atoms. The Kier molecular flexibility index (Phi) is 7.46. The maximum atomic E-state index is 11.3. The molecule has 6 heteroatoms. The number of ether oxygens (including phenoxy) is 1. The molecule has 0 spiro atoms. The van der Waals surface area contributed by atoms with Crippen LogP contribution in [0.25, 0.3) is 0 Å². The molecule has 134 valence electrons. The number of pyridine rings is 1. The van der Waals surface area contributed by atoms with E-state index < -0.39 is 6.04 Å². The van der Waals surface area contributed by atoms with Crippen LogP contribution in [0.5, 0.6) is 0 Å². The van der Waals surface area contributed by atoms with Crippen molar-refractivity contribution in [2.45, 2.75) is 44.6 Å². The molecule has 2 heterocycles. The first kappa shape index (κ1) is 18.7. The number of hydrogen-bond acceptors (Lipinski definition) is 6. The number of nitrogens with two attached hydrogens (primary N) is 1. The Labute approximate surface area is 144 Å². The van der Waals surface area contributed by atoms with E-state index in [-0.39, 0.29) is 5.97 Å². The van der Waals surface area contributed by atoms with Crippen LogP contribution in [0, 0.1) is 0 Å². The van der Waals surface area contributed by atoms with Crippen LogP contribution in [0.2, 0.25) is 0 Å². The fourth-order valence-electron chi connectivity index (χ4n) is 2.94. The van der Waals surface area contributed by atoms with Crippen molar-refractivity contribution in [3.8, 4) is 0 Å². The lowest BCUT2D eigenvalue weighted by atomic mass is 10.1. The second-order valence-corrected chi connectivity index (χ2v) is 6.52. The number of hydrogen-bond donors (Lipinski definition) is 2. The number of esters is 1. The molecule has 2 rings (SSSR count). The SMILES string of the molecule is COC(=O)C(N)CCN(C)CCCCc1ccc2c(n1)NCCC2. The molecule has 1 aliphatic rings. The second-order valence-electron chi connectivity index (χ2n) is 6.52. The minimum atomic E-state index is -0.523. The highest BCUT2D eigenvalue weighted by atomic mass is 16.5. The van der Waals surface area contributed by atoms with Crippen LogP contribution in [0.1, 0.15) is 36.9 Å². The van der Waals surface area contributed by atoms with Crippen LogP contribution >= 0.6 is 0 Å². The number of nitrogens with one attached hydrogen (secondary N) is 1. The lowest BCUT2D eigenvalue weighted by Crippen LogP contribution is -2.35. The summed E-state index contributed by atoms with van der Waals surface area (Å²) in [6.45, 7) is 2.83. The maximum absolute atomic E-state index is 11.3. The van der Waals surface area contributed by atoms with Crippen molar-refractivity contribution in [2.75, 3.05) is 39.1 Å². The molecule has 0 radical (unpaired) electrons. The number of methoxy groups -OCH3 is 1. The van der Waals surface area contributed by atoms with Gasteiger partial charge in [-0.05, 0) is 70.3 Å². The molecule has 1 atom stereocenters. The first-order valence-corrected chi connectivity index (χ1v) is 8.84. The van der Waals surface area contributed by atoms with Gasteiger partial charge >= 0.3 is 5.97 Å². The summed E-state index contributed by atoms with van der Waals surface area (Å²) in [4.78, 5) is 18.2. The number of carbonyl (C=O) groups excluding carboxylic acids is 1. The molecule has 0 aliphatic carbocycles. The van der Waals surface area contributed by atoms with Crippen LogP contribution in [-0.2, 0) is 22.4 Å². The highest BCUT2D eigenvalue weighted by molar-refractivity contribution is 5.75. The van der Waals surface area contributed by atoms with Crippen LogP contribution in [0.15, 0.2) is 12.1 Å². The molecule has 1 aromatic rings. The lowest BCUT2D eigenvalue weighted by molar-refractivity contribution is -0.142. The summed E-state index contributed by atoms with van der Waals surface area (Å²) in [5.41, 5.74) is 8.25. The van der Waals surface area contributed by atoms with Gasteiger partial charge in [-0.15, -0.1) is 0 Å². The largest absolute Gasteiger partial charge is 0.468 e. The third kappa shape index (κ3) is 5.76. The van der Waals surface area contributed by atoms with Crippen LogP contribution < -0.4 is 11.1 Å². The van der Waals surface area contributed by atoms with Gasteiger partial charge in [0.2, 0.25) is 0 Å². The summed E-state index contributed by atoms with van der Waals surface area (Å²) in [5.74, 6) is 0.739. The van der Waals surface area contributed by atoms with E-state index in [0.717, 1.165) is 51.1 Å². The first-order chi connectivity index (χ1) is 11.6. The van der Waals surface area contributed by atoms with Gasteiger partial charge in [0, 0.05) is 12.2 Å². The number of aromatic nitrogens is 1. The number of fused-ring (bicyclic) bond motifs is 1. The smallest absolute Gasteiger partial charge is 0.322 e. The van der Waals surface area contributed by atoms with E-state index in [0.29, 0.717) is 6.42 Å². The number of unbranched alkanes of at least 4 members (excludes halogenated alkanes) is 1. The van der Waals surface area contributed by atoms with Gasteiger partial charge in [-0.3, -0.25) is 4.79 Å². The van der Waals surface area contributed by atoms with E-state index in [4.69, 9.17) is 10.7 Å². The Balaban J connectivity index is 1.63. The van der Waals surface area contributed by atoms with Crippen molar-refractivity contribution >= 4 is 11.8 Å². The van der Waals surface area contributed by atoms with Crippen LogP contribution in [0.3, 0.4) is 0 Å². The molecule has 0 amide bonds. The summed E-state index contributed by atoms with van der Waals surface area (Å²) in [5, 5.41) is 3.38. The van der Waals surface area contributed by atoms with E-state index in [1.165, 1.54) is 24.8 Å². The number of rotatable bonds is 9. The van der Waals surface area contributed by atoms with Crippen LogP contribution in [-0.4, -0.2) is 55.7 Å². The van der Waals surface area contributed by atoms with E-state index in [1.54, 1.807) is 0 Å². The third-order valence-electron chi connectivity index (χ3n) is 4.50. The third-order valence-corrected chi connectivity index (χ3v) is 4.50. The van der Waals surface area contributed by atoms with Crippen molar-refractivity contribution in [2.24, 2.45) is 5.73 Å². The molecule has 24 heavy (non-hydrogen) atoms. The van der Waals surface area contributed by atoms with Gasteiger partial charge in [-0.2, -0.15) is 0 Å². The van der Waals surface area contributed by atoms with E-state index in [9.17, 15) is 4.79 Å². The predicted octanol–water partition coefficient (Wildman–Crippen LogP) is 1.58. The van der Waals surface area contributed by atoms with Crippen molar-refractivity contribution in [3.63, 3.8) is 0 Å². The Morgan fingerprint density at radius 1 is 1.42 bits per heavy atom. The summed E-state index contributed by atoms with van der Waals surface area (Å²) in [7, 11) is 3.43. The standard InChI is InChI=1S/C18H30N4O2/c1-22(13-10-16(19)18(23)24-2)12-4-3-7-15-9-8-14-6-5-11-20-17(14)21-15/h8-9,16H,3-7,10-13,19H2,1-2H3,(H,20,21). The number of nitrogens with zero attached hydrogens (tertiary/aromatic N) is 2. The zero-order valence-corrected chi connectivity index (χ0v) is 14.9. The average molecular weight is 334 g/mol. The molecule has 0 fully saturated rings. The van der Waals surface area contributed by atoms with Gasteiger partial charge in [-0.25, -0.2) is 4.98 Å². The molecule has 1 aromatic heterocycles. The van der Waals surface area contributed by atoms with Gasteiger partial charge in [-0.1, -0.05) is 6.07 Å². The van der Waals surface area contributed by atoms with E-state index >= 15 is 0 Å². The molecule has 1 aliphatic heterocycles. The quantitative estimate of drug-likeness (QED) is 0.527. The molecule has 3 N–H and O–H groups in total. The van der Waals surface area contributed by atoms with Crippen molar-refractivity contribution in [1.82, 2.24) is 9.88 Å². The monoisotopic (exact) mass is 334 g/mol. The predicted molar refractivity (Wildman–Crippen MR) is 96.1 cm³/mol. The minimum Gasteiger partial charge on any atom is -0.468 e. The molecule has 0 aromatic carbocycles.